The van der Waals surface area contributed by atoms with Crippen molar-refractivity contribution in [3.05, 3.63) is 29.3 Å². The summed E-state index contributed by atoms with van der Waals surface area (Å²) in [5.41, 5.74) is 0.631. The van der Waals surface area contributed by atoms with E-state index in [4.69, 9.17) is 11.6 Å². The van der Waals surface area contributed by atoms with Gasteiger partial charge in [-0.25, -0.2) is 4.90 Å². The molecule has 2 amide bonds. The Bertz CT molecular complexity index is 536. The Morgan fingerprint density at radius 1 is 1.00 bits per heavy atom. The molecule has 0 radical (unpaired) electrons. The first-order chi connectivity index (χ1) is 10.2. The highest BCUT2D eigenvalue weighted by Crippen LogP contribution is 2.23. The minimum atomic E-state index is -0.203. The zero-order valence-electron chi connectivity index (χ0n) is 12.0. The number of imide groups is 1. The van der Waals surface area contributed by atoms with E-state index in [1.807, 2.05) is 0 Å². The third-order valence-electron chi connectivity index (χ3n) is 4.47. The van der Waals surface area contributed by atoms with Crippen molar-refractivity contribution in [1.82, 2.24) is 0 Å². The summed E-state index contributed by atoms with van der Waals surface area (Å²) in [5, 5.41) is 0.604. The molecule has 0 aromatic heterocycles. The molecular weight excluding hydrogens is 288 g/mol. The molecule has 2 aliphatic heterocycles. The quantitative estimate of drug-likeness (QED) is 0.840. The molecule has 1 aromatic carbocycles. The standard InChI is InChI=1S/C16H19ClN2O2/c17-12-5-7-13(8-6-12)19-15(20)11-14(16(19)21)18-9-3-1-2-4-10-18/h5-8,14H,1-4,9-11H2/p+1/t14-/m1/s1. The molecule has 2 aliphatic rings. The summed E-state index contributed by atoms with van der Waals surface area (Å²) in [4.78, 5) is 27.5. The summed E-state index contributed by atoms with van der Waals surface area (Å²) in [6.07, 6.45) is 5.10. The molecule has 4 nitrogen and oxygen atoms in total. The van der Waals surface area contributed by atoms with Gasteiger partial charge in [0.05, 0.1) is 25.2 Å². The van der Waals surface area contributed by atoms with Crippen LogP contribution in [0.4, 0.5) is 5.69 Å². The molecule has 3 rings (SSSR count). The van der Waals surface area contributed by atoms with Gasteiger partial charge in [-0.15, -0.1) is 0 Å². The number of halogens is 1. The van der Waals surface area contributed by atoms with Crippen LogP contribution in [-0.4, -0.2) is 30.9 Å². The van der Waals surface area contributed by atoms with Gasteiger partial charge in [0.1, 0.15) is 0 Å². The van der Waals surface area contributed by atoms with Crippen molar-refractivity contribution in [1.29, 1.82) is 0 Å². The fourth-order valence-electron chi connectivity index (χ4n) is 3.34. The normalized spacial score (nSPS) is 24.4. The van der Waals surface area contributed by atoms with Gasteiger partial charge in [0.15, 0.2) is 6.04 Å². The van der Waals surface area contributed by atoms with Crippen LogP contribution in [0.25, 0.3) is 0 Å². The molecular formula is C16H20ClN2O2+. The largest absolute Gasteiger partial charge is 0.324 e. The van der Waals surface area contributed by atoms with E-state index in [-0.39, 0.29) is 17.9 Å². The van der Waals surface area contributed by atoms with Gasteiger partial charge in [-0.3, -0.25) is 9.59 Å². The van der Waals surface area contributed by atoms with Gasteiger partial charge in [0.25, 0.3) is 5.91 Å². The van der Waals surface area contributed by atoms with Crippen molar-refractivity contribution in [2.45, 2.75) is 38.1 Å². The molecule has 1 N–H and O–H groups in total. The number of rotatable bonds is 2. The monoisotopic (exact) mass is 307 g/mol. The molecule has 0 aliphatic carbocycles. The molecule has 2 fully saturated rings. The van der Waals surface area contributed by atoms with Gasteiger partial charge in [-0.05, 0) is 49.9 Å². The number of carbonyl (C=O) groups is 2. The van der Waals surface area contributed by atoms with Crippen LogP contribution in [0.2, 0.25) is 5.02 Å². The first-order valence-corrected chi connectivity index (χ1v) is 8.01. The molecule has 1 aromatic rings. The molecule has 0 saturated carbocycles. The second-order valence-electron chi connectivity index (χ2n) is 5.87. The maximum absolute atomic E-state index is 12.7. The Kier molecular flexibility index (Phi) is 4.27. The molecule has 2 saturated heterocycles. The van der Waals surface area contributed by atoms with Crippen LogP contribution in [0, 0.1) is 0 Å². The Balaban J connectivity index is 1.79. The average molecular weight is 308 g/mol. The van der Waals surface area contributed by atoms with Crippen LogP contribution in [0.1, 0.15) is 32.1 Å². The van der Waals surface area contributed by atoms with Crippen molar-refractivity contribution in [3.63, 3.8) is 0 Å². The van der Waals surface area contributed by atoms with E-state index in [1.54, 1.807) is 24.3 Å². The Hall–Kier alpha value is -1.39. The number of anilines is 1. The number of benzene rings is 1. The van der Waals surface area contributed by atoms with Gasteiger partial charge in [-0.1, -0.05) is 11.6 Å². The predicted molar refractivity (Wildman–Crippen MR) is 81.5 cm³/mol. The van der Waals surface area contributed by atoms with Crippen molar-refractivity contribution < 1.29 is 14.5 Å². The number of amides is 2. The SMILES string of the molecule is O=C1C[C@@H]([NH+]2CCCCCC2)C(=O)N1c1ccc(Cl)cc1. The van der Waals surface area contributed by atoms with Crippen LogP contribution >= 0.6 is 11.6 Å². The lowest BCUT2D eigenvalue weighted by atomic mass is 10.2. The summed E-state index contributed by atoms with van der Waals surface area (Å²) >= 11 is 5.87. The summed E-state index contributed by atoms with van der Waals surface area (Å²) in [5.74, 6) is -0.150. The molecule has 1 atom stereocenters. The third kappa shape index (κ3) is 2.97. The van der Waals surface area contributed by atoms with Gasteiger partial charge in [-0.2, -0.15) is 0 Å². The van der Waals surface area contributed by atoms with E-state index in [2.05, 4.69) is 0 Å². The summed E-state index contributed by atoms with van der Waals surface area (Å²) in [7, 11) is 0. The number of likely N-dealkylation sites (tertiary alicyclic amines) is 1. The Morgan fingerprint density at radius 2 is 1.62 bits per heavy atom. The van der Waals surface area contributed by atoms with E-state index in [0.717, 1.165) is 25.9 Å². The van der Waals surface area contributed by atoms with Crippen LogP contribution in [-0.2, 0) is 9.59 Å². The van der Waals surface area contributed by atoms with Crippen molar-refractivity contribution in [2.24, 2.45) is 0 Å². The van der Waals surface area contributed by atoms with Crippen LogP contribution < -0.4 is 9.80 Å². The average Bonchev–Trinajstić information content (AvgIpc) is 2.69. The molecule has 0 bridgehead atoms. The lowest BCUT2D eigenvalue weighted by Crippen LogP contribution is -3.16. The molecule has 0 unspecified atom stereocenters. The lowest BCUT2D eigenvalue weighted by Gasteiger charge is -2.22. The summed E-state index contributed by atoms with van der Waals surface area (Å²) in [6.45, 7) is 2.00. The number of quaternary nitrogens is 1. The van der Waals surface area contributed by atoms with E-state index >= 15 is 0 Å². The third-order valence-corrected chi connectivity index (χ3v) is 4.72. The fraction of sp³-hybridized carbons (Fsp3) is 0.500. The highest BCUT2D eigenvalue weighted by atomic mass is 35.5. The number of hydrogen-bond acceptors (Lipinski definition) is 2. The van der Waals surface area contributed by atoms with Crippen LogP contribution in [0.5, 0.6) is 0 Å². The van der Waals surface area contributed by atoms with Gasteiger partial charge < -0.3 is 4.90 Å². The van der Waals surface area contributed by atoms with Crippen molar-refractivity contribution in [2.75, 3.05) is 18.0 Å². The molecule has 21 heavy (non-hydrogen) atoms. The zero-order valence-corrected chi connectivity index (χ0v) is 12.7. The van der Waals surface area contributed by atoms with E-state index in [9.17, 15) is 9.59 Å². The second-order valence-corrected chi connectivity index (χ2v) is 6.31. The predicted octanol–water partition coefficient (Wildman–Crippen LogP) is 1.43. The first-order valence-electron chi connectivity index (χ1n) is 7.64. The molecule has 2 heterocycles. The Labute approximate surface area is 129 Å². The van der Waals surface area contributed by atoms with Crippen LogP contribution in [0.15, 0.2) is 24.3 Å². The number of hydrogen-bond donors (Lipinski definition) is 1. The highest BCUT2D eigenvalue weighted by Gasteiger charge is 2.45. The topological polar surface area (TPSA) is 41.8 Å². The fourth-order valence-corrected chi connectivity index (χ4v) is 3.47. The van der Waals surface area contributed by atoms with Crippen LogP contribution in [0.3, 0.4) is 0 Å². The molecule has 0 spiro atoms. The maximum atomic E-state index is 12.7. The number of carbonyl (C=O) groups excluding carboxylic acids is 2. The summed E-state index contributed by atoms with van der Waals surface area (Å²) < 4.78 is 0. The van der Waals surface area contributed by atoms with Gasteiger partial charge in [0.2, 0.25) is 5.91 Å². The lowest BCUT2D eigenvalue weighted by molar-refractivity contribution is -0.914. The van der Waals surface area contributed by atoms with Gasteiger partial charge in [0, 0.05) is 5.02 Å². The molecule has 112 valence electrons. The molecule has 5 heteroatoms. The van der Waals surface area contributed by atoms with Crippen molar-refractivity contribution in [3.8, 4) is 0 Å². The summed E-state index contributed by atoms with van der Waals surface area (Å²) in [6, 6.07) is 6.69. The van der Waals surface area contributed by atoms with E-state index in [0.29, 0.717) is 17.1 Å². The van der Waals surface area contributed by atoms with Gasteiger partial charge >= 0.3 is 0 Å². The number of nitrogens with one attached hydrogen (secondary N) is 1. The number of nitrogens with zero attached hydrogens (tertiary/aromatic N) is 1. The maximum Gasteiger partial charge on any atom is 0.292 e. The minimum absolute atomic E-state index is 0.0563. The van der Waals surface area contributed by atoms with Crippen molar-refractivity contribution >= 4 is 29.1 Å². The van der Waals surface area contributed by atoms with E-state index in [1.165, 1.54) is 22.6 Å². The highest BCUT2D eigenvalue weighted by molar-refractivity contribution is 6.30. The minimum Gasteiger partial charge on any atom is -0.324 e. The zero-order chi connectivity index (χ0) is 14.8. The first kappa shape index (κ1) is 14.5. The smallest absolute Gasteiger partial charge is 0.292 e. The second kappa shape index (κ2) is 6.16. The Morgan fingerprint density at radius 3 is 2.24 bits per heavy atom. The van der Waals surface area contributed by atoms with E-state index < -0.39 is 0 Å².